The van der Waals surface area contributed by atoms with Gasteiger partial charge in [0.1, 0.15) is 0 Å². The zero-order valence-corrected chi connectivity index (χ0v) is 14.8. The number of hydrogen-bond donors (Lipinski definition) is 1. The largest absolute Gasteiger partial charge is 0.471 e. The monoisotopic (exact) mass is 399 g/mol. The minimum atomic E-state index is -4.95. The second-order valence-corrected chi connectivity index (χ2v) is 7.82. The maximum Gasteiger partial charge on any atom is 0.471 e. The number of nitrogens with one attached hydrogen (secondary N) is 1. The first-order chi connectivity index (χ1) is 12.7. The fourth-order valence-electron chi connectivity index (χ4n) is 2.81. The van der Waals surface area contributed by atoms with Gasteiger partial charge in [-0.15, -0.1) is 0 Å². The average Bonchev–Trinajstić information content (AvgIpc) is 2.65. The quantitative estimate of drug-likeness (QED) is 0.853. The molecule has 0 saturated heterocycles. The summed E-state index contributed by atoms with van der Waals surface area (Å²) in [7, 11) is -3.87. The maximum absolute atomic E-state index is 12.6. The smallest absolute Gasteiger partial charge is 0.330 e. The lowest BCUT2D eigenvalue weighted by Gasteiger charge is -2.29. The lowest BCUT2D eigenvalue weighted by Crippen LogP contribution is -2.43. The van der Waals surface area contributed by atoms with Gasteiger partial charge in [0, 0.05) is 19.3 Å². The maximum atomic E-state index is 12.6. The van der Waals surface area contributed by atoms with Gasteiger partial charge >= 0.3 is 12.1 Å². The summed E-state index contributed by atoms with van der Waals surface area (Å²) in [4.78, 5) is 16.1. The van der Waals surface area contributed by atoms with Crippen molar-refractivity contribution in [3.63, 3.8) is 0 Å². The summed E-state index contributed by atoms with van der Waals surface area (Å²) in [6, 6.07) is 9.38. The summed E-state index contributed by atoms with van der Waals surface area (Å²) in [5.74, 6) is -1.92. The molecule has 6 nitrogen and oxygen atoms in total. The lowest BCUT2D eigenvalue weighted by molar-refractivity contribution is -0.186. The number of fused-ring (bicyclic) bond motifs is 1. The second-order valence-electron chi connectivity index (χ2n) is 6.05. The highest BCUT2D eigenvalue weighted by atomic mass is 32.2. The van der Waals surface area contributed by atoms with Gasteiger partial charge in [0.25, 0.3) is 0 Å². The van der Waals surface area contributed by atoms with Crippen LogP contribution >= 0.6 is 0 Å². The van der Waals surface area contributed by atoms with Crippen LogP contribution in [0.15, 0.2) is 47.5 Å². The van der Waals surface area contributed by atoms with E-state index in [0.717, 1.165) is 5.56 Å². The highest BCUT2D eigenvalue weighted by Gasteiger charge is 2.43. The molecule has 144 valence electrons. The Bertz CT molecular complexity index is 947. The van der Waals surface area contributed by atoms with Gasteiger partial charge in [0.2, 0.25) is 10.0 Å². The normalized spacial score (nSPS) is 14.7. The molecule has 0 atom stereocenters. The number of pyridine rings is 1. The second kappa shape index (κ2) is 7.28. The van der Waals surface area contributed by atoms with E-state index in [1.165, 1.54) is 18.3 Å². The van der Waals surface area contributed by atoms with Crippen LogP contribution < -0.4 is 4.72 Å². The van der Waals surface area contributed by atoms with Crippen LogP contribution in [0, 0.1) is 0 Å². The van der Waals surface area contributed by atoms with Gasteiger partial charge in [-0.05, 0) is 41.8 Å². The molecule has 2 aromatic rings. The molecular weight excluding hydrogens is 383 g/mol. The fourth-order valence-corrected chi connectivity index (χ4v) is 3.86. The lowest BCUT2D eigenvalue weighted by atomic mass is 10.00. The third-order valence-electron chi connectivity index (χ3n) is 4.20. The molecule has 0 bridgehead atoms. The fraction of sp³-hybridized carbons (Fsp3) is 0.294. The van der Waals surface area contributed by atoms with Crippen molar-refractivity contribution in [3.8, 4) is 0 Å². The predicted molar refractivity (Wildman–Crippen MR) is 89.9 cm³/mol. The van der Waals surface area contributed by atoms with E-state index in [2.05, 4.69) is 9.71 Å². The molecule has 27 heavy (non-hydrogen) atoms. The summed E-state index contributed by atoms with van der Waals surface area (Å²) in [5, 5.41) is 0. The molecule has 1 aromatic carbocycles. The van der Waals surface area contributed by atoms with Gasteiger partial charge in [-0.3, -0.25) is 9.78 Å². The number of benzene rings is 1. The molecule has 3 rings (SSSR count). The number of rotatable bonds is 4. The summed E-state index contributed by atoms with van der Waals surface area (Å²) < 4.78 is 65.2. The van der Waals surface area contributed by atoms with Crippen LogP contribution in [0.4, 0.5) is 13.2 Å². The van der Waals surface area contributed by atoms with E-state index >= 15 is 0 Å². The van der Waals surface area contributed by atoms with Crippen LogP contribution in [0.5, 0.6) is 0 Å². The molecular formula is C17H16F3N3O3S. The molecule has 10 heteroatoms. The average molecular weight is 399 g/mol. The van der Waals surface area contributed by atoms with Crippen molar-refractivity contribution in [3.05, 3.63) is 59.4 Å². The minimum absolute atomic E-state index is 0.0149. The van der Waals surface area contributed by atoms with Crippen molar-refractivity contribution in [2.24, 2.45) is 0 Å². The Morgan fingerprint density at radius 3 is 2.63 bits per heavy atom. The van der Waals surface area contributed by atoms with E-state index in [1.54, 1.807) is 24.3 Å². The number of halogens is 3. The van der Waals surface area contributed by atoms with Gasteiger partial charge in [-0.25, -0.2) is 13.1 Å². The van der Waals surface area contributed by atoms with Crippen molar-refractivity contribution in [2.75, 3.05) is 6.54 Å². The molecule has 0 radical (unpaired) electrons. The van der Waals surface area contributed by atoms with E-state index < -0.39 is 22.1 Å². The van der Waals surface area contributed by atoms with Gasteiger partial charge < -0.3 is 4.90 Å². The highest BCUT2D eigenvalue weighted by molar-refractivity contribution is 7.89. The summed E-state index contributed by atoms with van der Waals surface area (Å²) in [6.07, 6.45) is -3.18. The van der Waals surface area contributed by atoms with E-state index in [9.17, 15) is 26.4 Å². The Balaban J connectivity index is 1.78. The van der Waals surface area contributed by atoms with Crippen molar-refractivity contribution >= 4 is 15.9 Å². The number of sulfonamides is 1. The first-order valence-electron chi connectivity index (χ1n) is 8.04. The molecule has 0 unspecified atom stereocenters. The Hall–Kier alpha value is -2.46. The Morgan fingerprint density at radius 2 is 1.96 bits per heavy atom. The molecule has 0 spiro atoms. The van der Waals surface area contributed by atoms with Gasteiger partial charge in [-0.1, -0.05) is 12.1 Å². The van der Waals surface area contributed by atoms with Crippen molar-refractivity contribution in [1.82, 2.24) is 14.6 Å². The Morgan fingerprint density at radius 1 is 1.19 bits per heavy atom. The number of carbonyl (C=O) groups is 1. The first kappa shape index (κ1) is 19.3. The molecule has 2 heterocycles. The van der Waals surface area contributed by atoms with Crippen molar-refractivity contribution in [2.45, 2.75) is 30.6 Å². The third kappa shape index (κ3) is 4.45. The number of hydrogen-bond acceptors (Lipinski definition) is 4. The molecule has 0 aliphatic carbocycles. The summed E-state index contributed by atoms with van der Waals surface area (Å²) >= 11 is 0. The zero-order valence-electron chi connectivity index (χ0n) is 14.0. The Labute approximate surface area is 154 Å². The van der Waals surface area contributed by atoms with Crippen LogP contribution in [0.2, 0.25) is 0 Å². The molecule has 1 aromatic heterocycles. The van der Waals surface area contributed by atoms with Crippen LogP contribution in [0.25, 0.3) is 0 Å². The van der Waals surface area contributed by atoms with E-state index in [1.807, 2.05) is 0 Å². The van der Waals surface area contributed by atoms with E-state index in [-0.39, 0.29) is 31.0 Å². The van der Waals surface area contributed by atoms with E-state index in [4.69, 9.17) is 0 Å². The summed E-state index contributed by atoms with van der Waals surface area (Å²) in [5.41, 5.74) is 1.64. The first-order valence-corrected chi connectivity index (χ1v) is 9.52. The number of aromatic nitrogens is 1. The molecule has 1 aliphatic heterocycles. The van der Waals surface area contributed by atoms with Crippen molar-refractivity contribution in [1.29, 1.82) is 0 Å². The van der Waals surface area contributed by atoms with Crippen molar-refractivity contribution < 1.29 is 26.4 Å². The predicted octanol–water partition coefficient (Wildman–Crippen LogP) is 2.01. The minimum Gasteiger partial charge on any atom is -0.330 e. The van der Waals surface area contributed by atoms with Crippen LogP contribution in [-0.4, -0.2) is 36.9 Å². The van der Waals surface area contributed by atoms with Crippen LogP contribution in [0.1, 0.15) is 16.8 Å². The topological polar surface area (TPSA) is 79.4 Å². The number of amides is 1. The molecule has 0 saturated carbocycles. The molecule has 1 N–H and O–H groups in total. The number of alkyl halides is 3. The third-order valence-corrected chi connectivity index (χ3v) is 5.60. The number of nitrogens with zero attached hydrogens (tertiary/aromatic N) is 2. The van der Waals surface area contributed by atoms with Gasteiger partial charge in [-0.2, -0.15) is 13.2 Å². The highest BCUT2D eigenvalue weighted by Crippen LogP contribution is 2.26. The Kier molecular flexibility index (Phi) is 5.20. The van der Waals surface area contributed by atoms with E-state index in [0.29, 0.717) is 16.2 Å². The molecule has 1 aliphatic rings. The zero-order chi connectivity index (χ0) is 19.7. The summed E-state index contributed by atoms with van der Waals surface area (Å²) in [6.45, 7) is -0.356. The van der Waals surface area contributed by atoms with Crippen LogP contribution in [0.3, 0.4) is 0 Å². The number of carbonyl (C=O) groups excluding carboxylic acids is 1. The molecule has 0 fully saturated rings. The standard InChI is InChI=1S/C17H16F3N3O3S/c18-17(19,20)16(24)23-8-6-12-4-5-15(9-13(12)11-23)27(25,26)22-10-14-3-1-2-7-21-14/h1-5,7,9,22H,6,8,10-11H2. The van der Waals surface area contributed by atoms with Crippen LogP contribution in [-0.2, 0) is 34.3 Å². The molecule has 1 amide bonds. The van der Waals surface area contributed by atoms with Gasteiger partial charge in [0.15, 0.2) is 0 Å². The van der Waals surface area contributed by atoms with Gasteiger partial charge in [0.05, 0.1) is 17.1 Å². The SMILES string of the molecule is O=C(N1CCc2ccc(S(=O)(=O)NCc3ccccn3)cc2C1)C(F)(F)F.